The largest absolute Gasteiger partial charge is 0.463 e. The van der Waals surface area contributed by atoms with Crippen LogP contribution in [0.2, 0.25) is 0 Å². The zero-order valence-electron chi connectivity index (χ0n) is 11.9. The first-order chi connectivity index (χ1) is 10.1. The van der Waals surface area contributed by atoms with Crippen molar-refractivity contribution in [1.29, 1.82) is 5.26 Å². The van der Waals surface area contributed by atoms with Crippen LogP contribution in [-0.4, -0.2) is 12.6 Å². The zero-order chi connectivity index (χ0) is 15.4. The molecule has 1 aromatic heterocycles. The molecule has 2 heterocycles. The number of allylic oxidation sites excluding steroid dienone is 2. The van der Waals surface area contributed by atoms with Gasteiger partial charge in [-0.3, -0.25) is 0 Å². The quantitative estimate of drug-likeness (QED) is 0.864. The van der Waals surface area contributed by atoms with Gasteiger partial charge in [0.15, 0.2) is 0 Å². The van der Waals surface area contributed by atoms with E-state index in [1.165, 1.54) is 11.3 Å². The van der Waals surface area contributed by atoms with Gasteiger partial charge in [-0.05, 0) is 29.3 Å². The summed E-state index contributed by atoms with van der Waals surface area (Å²) in [6.45, 7) is 3.86. The summed E-state index contributed by atoms with van der Waals surface area (Å²) >= 11 is 1.49. The van der Waals surface area contributed by atoms with Crippen molar-refractivity contribution in [3.05, 3.63) is 45.2 Å². The van der Waals surface area contributed by atoms with E-state index in [0.29, 0.717) is 17.8 Å². The van der Waals surface area contributed by atoms with Crippen LogP contribution in [0.1, 0.15) is 31.7 Å². The Labute approximate surface area is 127 Å². The highest BCUT2D eigenvalue weighted by atomic mass is 32.1. The van der Waals surface area contributed by atoms with Gasteiger partial charge in [0.2, 0.25) is 5.88 Å². The molecule has 0 bridgehead atoms. The highest BCUT2D eigenvalue weighted by Gasteiger charge is 2.37. The van der Waals surface area contributed by atoms with E-state index >= 15 is 0 Å². The molecular weight excluding hydrogens is 288 g/mol. The molecule has 1 aliphatic heterocycles. The number of nitriles is 1. The summed E-state index contributed by atoms with van der Waals surface area (Å²) in [6.07, 6.45) is 0.494. The fourth-order valence-electron chi connectivity index (χ4n) is 2.29. The van der Waals surface area contributed by atoms with Crippen LogP contribution in [0.5, 0.6) is 0 Å². The number of carbonyl (C=O) groups excluding carboxylic acids is 1. The van der Waals surface area contributed by atoms with Crippen molar-refractivity contribution in [3.8, 4) is 6.07 Å². The van der Waals surface area contributed by atoms with Crippen molar-refractivity contribution in [3.63, 3.8) is 0 Å². The van der Waals surface area contributed by atoms with E-state index in [2.05, 4.69) is 6.07 Å². The summed E-state index contributed by atoms with van der Waals surface area (Å²) in [7, 11) is 0. The van der Waals surface area contributed by atoms with E-state index in [1.54, 1.807) is 6.92 Å². The minimum absolute atomic E-state index is 0.0543. The Morgan fingerprint density at radius 3 is 2.86 bits per heavy atom. The fourth-order valence-corrected chi connectivity index (χ4v) is 2.97. The lowest BCUT2D eigenvalue weighted by Crippen LogP contribution is -2.25. The van der Waals surface area contributed by atoms with Crippen molar-refractivity contribution in [1.82, 2.24) is 0 Å². The number of carbonyl (C=O) groups is 1. The molecule has 21 heavy (non-hydrogen) atoms. The third kappa shape index (κ3) is 2.78. The summed E-state index contributed by atoms with van der Waals surface area (Å²) in [5.41, 5.74) is 7.29. The summed E-state index contributed by atoms with van der Waals surface area (Å²) in [5, 5.41) is 13.2. The van der Waals surface area contributed by atoms with E-state index in [9.17, 15) is 10.1 Å². The molecular formula is C15H16N2O3S. The van der Waals surface area contributed by atoms with Crippen LogP contribution in [0.3, 0.4) is 0 Å². The monoisotopic (exact) mass is 304 g/mol. The second-order valence-electron chi connectivity index (χ2n) is 4.39. The summed E-state index contributed by atoms with van der Waals surface area (Å²) < 4.78 is 10.6. The number of nitrogens with two attached hydrogens (primary N) is 1. The number of rotatable bonds is 4. The summed E-state index contributed by atoms with van der Waals surface area (Å²) in [6, 6.07) is 3.93. The number of ether oxygens (including phenoxy) is 2. The molecule has 0 unspecified atom stereocenters. The molecule has 1 atom stereocenters. The Hall–Kier alpha value is -2.26. The average molecular weight is 304 g/mol. The topological polar surface area (TPSA) is 85.3 Å². The van der Waals surface area contributed by atoms with Gasteiger partial charge in [0.05, 0.1) is 18.1 Å². The van der Waals surface area contributed by atoms with Crippen molar-refractivity contribution in [2.24, 2.45) is 5.73 Å². The normalized spacial score (nSPS) is 18.2. The lowest BCUT2D eigenvalue weighted by atomic mass is 9.84. The Kier molecular flexibility index (Phi) is 4.66. The molecule has 110 valence electrons. The lowest BCUT2D eigenvalue weighted by molar-refractivity contribution is -0.139. The molecule has 1 aliphatic rings. The molecule has 0 radical (unpaired) electrons. The van der Waals surface area contributed by atoms with Crippen molar-refractivity contribution in [2.45, 2.75) is 26.2 Å². The van der Waals surface area contributed by atoms with E-state index in [0.717, 1.165) is 5.56 Å². The van der Waals surface area contributed by atoms with Crippen LogP contribution in [0.15, 0.2) is 39.6 Å². The highest BCUT2D eigenvalue weighted by molar-refractivity contribution is 7.08. The van der Waals surface area contributed by atoms with Gasteiger partial charge in [-0.1, -0.05) is 6.92 Å². The van der Waals surface area contributed by atoms with Crippen LogP contribution < -0.4 is 5.73 Å². The number of nitrogens with zero attached hydrogens (tertiary/aromatic N) is 1. The molecule has 1 aromatic rings. The van der Waals surface area contributed by atoms with Gasteiger partial charge in [0.1, 0.15) is 17.4 Å². The molecule has 0 aromatic carbocycles. The first kappa shape index (κ1) is 15.1. The first-order valence-corrected chi connectivity index (χ1v) is 7.58. The zero-order valence-corrected chi connectivity index (χ0v) is 12.7. The van der Waals surface area contributed by atoms with Crippen molar-refractivity contribution in [2.75, 3.05) is 6.61 Å². The van der Waals surface area contributed by atoms with Gasteiger partial charge < -0.3 is 15.2 Å². The standard InChI is InChI=1S/C15H16N2O3S/c1-3-11-13(15(18)19-4-2)12(9-5-6-21-8-9)10(7-16)14(17)20-11/h5-6,8,12H,3-4,17H2,1-2H3/t12-/m0/s1. The minimum Gasteiger partial charge on any atom is -0.463 e. The summed E-state index contributed by atoms with van der Waals surface area (Å²) in [4.78, 5) is 12.3. The summed E-state index contributed by atoms with van der Waals surface area (Å²) in [5.74, 6) is -0.477. The van der Waals surface area contributed by atoms with Gasteiger partial charge in [0.25, 0.3) is 0 Å². The molecule has 6 heteroatoms. The molecule has 2 N–H and O–H groups in total. The van der Waals surface area contributed by atoms with Gasteiger partial charge in [-0.2, -0.15) is 16.6 Å². The first-order valence-electron chi connectivity index (χ1n) is 6.63. The number of hydrogen-bond acceptors (Lipinski definition) is 6. The Morgan fingerprint density at radius 2 is 2.33 bits per heavy atom. The molecule has 2 rings (SSSR count). The fraction of sp³-hybridized carbons (Fsp3) is 0.333. The van der Waals surface area contributed by atoms with Crippen LogP contribution in [-0.2, 0) is 14.3 Å². The van der Waals surface area contributed by atoms with Crippen LogP contribution in [0.4, 0.5) is 0 Å². The van der Waals surface area contributed by atoms with E-state index in [1.807, 2.05) is 23.8 Å². The van der Waals surface area contributed by atoms with Crippen LogP contribution >= 0.6 is 11.3 Å². The second-order valence-corrected chi connectivity index (χ2v) is 5.17. The molecule has 0 saturated carbocycles. The molecule has 5 nitrogen and oxygen atoms in total. The van der Waals surface area contributed by atoms with E-state index < -0.39 is 11.9 Å². The van der Waals surface area contributed by atoms with Crippen molar-refractivity contribution >= 4 is 17.3 Å². The minimum atomic E-state index is -0.524. The Morgan fingerprint density at radius 1 is 1.57 bits per heavy atom. The van der Waals surface area contributed by atoms with Gasteiger partial charge in [-0.25, -0.2) is 4.79 Å². The maximum atomic E-state index is 12.3. The molecule has 0 spiro atoms. The Balaban J connectivity index is 2.59. The average Bonchev–Trinajstić information content (AvgIpc) is 2.99. The van der Waals surface area contributed by atoms with Crippen LogP contribution in [0.25, 0.3) is 0 Å². The highest BCUT2D eigenvalue weighted by Crippen LogP contribution is 2.41. The number of hydrogen-bond donors (Lipinski definition) is 1. The van der Waals surface area contributed by atoms with Gasteiger partial charge in [-0.15, -0.1) is 0 Å². The van der Waals surface area contributed by atoms with Gasteiger partial charge in [0, 0.05) is 6.42 Å². The maximum absolute atomic E-state index is 12.3. The molecule has 0 fully saturated rings. The predicted molar refractivity (Wildman–Crippen MR) is 78.9 cm³/mol. The Bertz CT molecular complexity index is 638. The molecule has 0 aliphatic carbocycles. The van der Waals surface area contributed by atoms with Gasteiger partial charge >= 0.3 is 5.97 Å². The third-order valence-electron chi connectivity index (χ3n) is 3.19. The van der Waals surface area contributed by atoms with E-state index in [-0.39, 0.29) is 18.1 Å². The van der Waals surface area contributed by atoms with Crippen LogP contribution in [0, 0.1) is 11.3 Å². The lowest BCUT2D eigenvalue weighted by Gasteiger charge is -2.27. The SMILES string of the molecule is CCOC(=O)C1=C(CC)OC(N)=C(C#N)[C@@H]1c1ccsc1. The molecule has 0 amide bonds. The number of thiophene rings is 1. The predicted octanol–water partition coefficient (Wildman–Crippen LogP) is 2.78. The smallest absolute Gasteiger partial charge is 0.338 e. The van der Waals surface area contributed by atoms with Crippen molar-refractivity contribution < 1.29 is 14.3 Å². The maximum Gasteiger partial charge on any atom is 0.338 e. The third-order valence-corrected chi connectivity index (χ3v) is 3.89. The van der Waals surface area contributed by atoms with E-state index in [4.69, 9.17) is 15.2 Å². The number of esters is 1. The molecule has 0 saturated heterocycles. The second kappa shape index (κ2) is 6.46.